The average molecular weight is 491 g/mol. The van der Waals surface area contributed by atoms with Crippen molar-refractivity contribution in [3.63, 3.8) is 0 Å². The van der Waals surface area contributed by atoms with E-state index in [9.17, 15) is 14.0 Å². The largest absolute Gasteiger partial charge is 0.340 e. The van der Waals surface area contributed by atoms with Crippen LogP contribution in [0.3, 0.4) is 0 Å². The predicted octanol–water partition coefficient (Wildman–Crippen LogP) is 3.83. The number of nitrogens with one attached hydrogen (secondary N) is 2. The molecule has 1 unspecified atom stereocenters. The van der Waals surface area contributed by atoms with Gasteiger partial charge in [0.25, 0.3) is 0 Å². The maximum absolute atomic E-state index is 13.2. The molecule has 0 radical (unpaired) electrons. The van der Waals surface area contributed by atoms with Crippen LogP contribution in [-0.2, 0) is 16.0 Å². The van der Waals surface area contributed by atoms with Crippen molar-refractivity contribution in [3.05, 3.63) is 107 Å². The van der Waals surface area contributed by atoms with E-state index in [2.05, 4.69) is 26.2 Å². The van der Waals surface area contributed by atoms with Crippen LogP contribution < -0.4 is 10.6 Å². The normalized spacial score (nSPS) is 11.8. The van der Waals surface area contributed by atoms with Crippen molar-refractivity contribution in [3.8, 4) is 5.69 Å². The van der Waals surface area contributed by atoms with Crippen molar-refractivity contribution < 1.29 is 14.0 Å². The maximum Gasteiger partial charge on any atom is 0.247 e. The van der Waals surface area contributed by atoms with Crippen molar-refractivity contribution in [2.45, 2.75) is 12.5 Å². The summed E-state index contributed by atoms with van der Waals surface area (Å²) in [5, 5.41) is 17.1. The Morgan fingerprint density at radius 2 is 1.83 bits per heavy atom. The van der Waals surface area contributed by atoms with E-state index in [4.69, 9.17) is 11.6 Å². The Kier molecular flexibility index (Phi) is 7.59. The van der Waals surface area contributed by atoms with Gasteiger partial charge in [-0.15, -0.1) is 5.10 Å². The summed E-state index contributed by atoms with van der Waals surface area (Å²) >= 11 is 6.12. The first-order chi connectivity index (χ1) is 17.0. The Morgan fingerprint density at radius 1 is 1.06 bits per heavy atom. The molecule has 0 bridgehead atoms. The molecule has 8 nitrogen and oxygen atoms in total. The molecule has 4 aromatic rings. The molecular weight excluding hydrogens is 471 g/mol. The number of amides is 2. The number of halogens is 2. The highest BCUT2D eigenvalue weighted by atomic mass is 35.5. The summed E-state index contributed by atoms with van der Waals surface area (Å²) in [6, 6.07) is 18.9. The molecule has 0 aliphatic rings. The van der Waals surface area contributed by atoms with E-state index < -0.39 is 23.7 Å². The van der Waals surface area contributed by atoms with Crippen molar-refractivity contribution in [2.75, 3.05) is 5.32 Å². The molecule has 4 rings (SSSR count). The zero-order valence-corrected chi connectivity index (χ0v) is 19.1. The Balaban J connectivity index is 1.52. The second-order valence-corrected chi connectivity index (χ2v) is 7.97. The smallest absolute Gasteiger partial charge is 0.247 e. The Bertz CT molecular complexity index is 1330. The monoisotopic (exact) mass is 490 g/mol. The number of benzene rings is 3. The molecule has 0 aliphatic carbocycles. The van der Waals surface area contributed by atoms with Crippen LogP contribution in [0.1, 0.15) is 11.1 Å². The zero-order chi connectivity index (χ0) is 24.6. The third-order valence-corrected chi connectivity index (χ3v) is 5.26. The van der Waals surface area contributed by atoms with Crippen molar-refractivity contribution in [2.24, 2.45) is 0 Å². The lowest BCUT2D eigenvalue weighted by atomic mass is 10.0. The molecule has 0 aliphatic heterocycles. The van der Waals surface area contributed by atoms with E-state index in [0.717, 1.165) is 5.56 Å². The second-order valence-electron chi connectivity index (χ2n) is 7.54. The maximum atomic E-state index is 13.2. The number of aromatic nitrogens is 4. The Labute approximate surface area is 205 Å². The lowest BCUT2D eigenvalue weighted by Gasteiger charge is -2.18. The minimum absolute atomic E-state index is 0.264. The summed E-state index contributed by atoms with van der Waals surface area (Å²) in [5.74, 6) is -1.33. The highest BCUT2D eigenvalue weighted by molar-refractivity contribution is 6.30. The summed E-state index contributed by atoms with van der Waals surface area (Å²) in [6.07, 6.45) is 4.56. The van der Waals surface area contributed by atoms with Crippen LogP contribution >= 0.6 is 11.6 Å². The fourth-order valence-corrected chi connectivity index (χ4v) is 3.53. The molecular formula is C25H20ClFN6O2. The summed E-state index contributed by atoms with van der Waals surface area (Å²) in [6.45, 7) is 0. The number of anilines is 1. The minimum Gasteiger partial charge on any atom is -0.340 e. The fraction of sp³-hybridized carbons (Fsp3) is 0.0800. The lowest BCUT2D eigenvalue weighted by molar-refractivity contribution is -0.123. The van der Waals surface area contributed by atoms with Crippen LogP contribution in [0, 0.1) is 5.82 Å². The number of tetrazole rings is 1. The average Bonchev–Trinajstić information content (AvgIpc) is 3.39. The zero-order valence-electron chi connectivity index (χ0n) is 18.3. The topological polar surface area (TPSA) is 102 Å². The number of rotatable bonds is 8. The molecule has 2 amide bonds. The van der Waals surface area contributed by atoms with Gasteiger partial charge in [0.15, 0.2) is 0 Å². The Hall–Kier alpha value is -4.37. The van der Waals surface area contributed by atoms with Gasteiger partial charge in [-0.3, -0.25) is 9.59 Å². The highest BCUT2D eigenvalue weighted by Gasteiger charge is 2.21. The van der Waals surface area contributed by atoms with E-state index in [0.29, 0.717) is 22.0 Å². The first-order valence-electron chi connectivity index (χ1n) is 10.6. The number of hydrogen-bond acceptors (Lipinski definition) is 5. The third-order valence-electron chi connectivity index (χ3n) is 5.03. The van der Waals surface area contributed by atoms with Gasteiger partial charge in [-0.1, -0.05) is 41.9 Å². The highest BCUT2D eigenvalue weighted by Crippen LogP contribution is 2.20. The standard InChI is InChI=1S/C25H20ClFN6O2/c26-19-7-12-23(33-16-28-31-32-33)18(15-19)6-13-24(34)30-22(14-17-4-2-1-3-5-17)25(35)29-21-10-8-20(27)9-11-21/h1-13,15-16,22H,14H2,(H,29,35)(H,30,34). The minimum atomic E-state index is -0.877. The van der Waals surface area contributed by atoms with Gasteiger partial charge in [0.1, 0.15) is 18.2 Å². The second kappa shape index (κ2) is 11.2. The van der Waals surface area contributed by atoms with Gasteiger partial charge in [0.05, 0.1) is 5.69 Å². The van der Waals surface area contributed by atoms with E-state index in [1.54, 1.807) is 24.3 Å². The number of carbonyl (C=O) groups excluding carboxylic acids is 2. The van der Waals surface area contributed by atoms with E-state index >= 15 is 0 Å². The molecule has 0 fully saturated rings. The van der Waals surface area contributed by atoms with Gasteiger partial charge >= 0.3 is 0 Å². The SMILES string of the molecule is O=C(C=Cc1cc(Cl)ccc1-n1cnnn1)NC(Cc1ccccc1)C(=O)Nc1ccc(F)cc1. The van der Waals surface area contributed by atoms with Gasteiger partial charge in [-0.2, -0.15) is 4.68 Å². The van der Waals surface area contributed by atoms with Crippen LogP contribution in [0.4, 0.5) is 10.1 Å². The number of nitrogens with zero attached hydrogens (tertiary/aromatic N) is 4. The number of hydrogen-bond donors (Lipinski definition) is 2. The van der Waals surface area contributed by atoms with Crippen molar-refractivity contribution >= 4 is 35.2 Å². The lowest BCUT2D eigenvalue weighted by Crippen LogP contribution is -2.44. The van der Waals surface area contributed by atoms with E-state index in [1.807, 2.05) is 30.3 Å². The molecule has 10 heteroatoms. The molecule has 0 spiro atoms. The summed E-state index contributed by atoms with van der Waals surface area (Å²) in [4.78, 5) is 25.8. The quantitative estimate of drug-likeness (QED) is 0.365. The van der Waals surface area contributed by atoms with Crippen molar-refractivity contribution in [1.29, 1.82) is 0 Å². The molecule has 176 valence electrons. The van der Waals surface area contributed by atoms with Crippen LogP contribution in [0.25, 0.3) is 11.8 Å². The van der Waals surface area contributed by atoms with Crippen LogP contribution in [0.5, 0.6) is 0 Å². The van der Waals surface area contributed by atoms with Crippen LogP contribution in [0.15, 0.2) is 85.2 Å². The summed E-state index contributed by atoms with van der Waals surface area (Å²) in [5.41, 5.74) is 2.52. The third kappa shape index (κ3) is 6.58. The molecule has 1 heterocycles. The van der Waals surface area contributed by atoms with Crippen LogP contribution in [0.2, 0.25) is 5.02 Å². The molecule has 0 saturated heterocycles. The summed E-state index contributed by atoms with van der Waals surface area (Å²) < 4.78 is 14.7. The molecule has 2 N–H and O–H groups in total. The fourth-order valence-electron chi connectivity index (χ4n) is 3.35. The van der Waals surface area contributed by atoms with Gasteiger partial charge in [0, 0.05) is 28.8 Å². The van der Waals surface area contributed by atoms with Crippen molar-refractivity contribution in [1.82, 2.24) is 25.5 Å². The first-order valence-corrected chi connectivity index (χ1v) is 11.0. The van der Waals surface area contributed by atoms with Crippen LogP contribution in [-0.4, -0.2) is 38.1 Å². The van der Waals surface area contributed by atoms with E-state index in [1.165, 1.54) is 41.4 Å². The molecule has 1 aromatic heterocycles. The van der Waals surface area contributed by atoms with E-state index in [-0.39, 0.29) is 6.42 Å². The Morgan fingerprint density at radius 3 is 2.54 bits per heavy atom. The van der Waals surface area contributed by atoms with Gasteiger partial charge in [-0.25, -0.2) is 4.39 Å². The molecule has 0 saturated carbocycles. The molecule has 35 heavy (non-hydrogen) atoms. The van der Waals surface area contributed by atoms with Gasteiger partial charge in [-0.05, 0) is 64.5 Å². The summed E-state index contributed by atoms with van der Waals surface area (Å²) in [7, 11) is 0. The van der Waals surface area contributed by atoms with Gasteiger partial charge < -0.3 is 10.6 Å². The predicted molar refractivity (Wildman–Crippen MR) is 130 cm³/mol. The molecule has 1 atom stereocenters. The number of carbonyl (C=O) groups is 2. The van der Waals surface area contributed by atoms with Gasteiger partial charge in [0.2, 0.25) is 11.8 Å². The first kappa shape index (κ1) is 23.8. The molecule has 3 aromatic carbocycles.